The van der Waals surface area contributed by atoms with Gasteiger partial charge in [0.05, 0.1) is 0 Å². The smallest absolute Gasteiger partial charge is 0.0178 e. The van der Waals surface area contributed by atoms with Crippen LogP contribution in [0.1, 0.15) is 30.9 Å². The molecular formula is C20H20. The van der Waals surface area contributed by atoms with Crippen LogP contribution in [-0.4, -0.2) is 0 Å². The van der Waals surface area contributed by atoms with Crippen molar-refractivity contribution in [2.45, 2.75) is 26.7 Å². The van der Waals surface area contributed by atoms with Gasteiger partial charge in [-0.15, -0.1) is 0 Å². The Morgan fingerprint density at radius 1 is 0.650 bits per heavy atom. The van der Waals surface area contributed by atoms with Gasteiger partial charge in [0.2, 0.25) is 0 Å². The van der Waals surface area contributed by atoms with Crippen LogP contribution in [0.15, 0.2) is 60.7 Å². The van der Waals surface area contributed by atoms with Gasteiger partial charge in [-0.2, -0.15) is 0 Å². The lowest BCUT2D eigenvalue weighted by atomic mass is 9.96. The van der Waals surface area contributed by atoms with Crippen LogP contribution < -0.4 is 0 Å². The van der Waals surface area contributed by atoms with Crippen LogP contribution in [0.25, 0.3) is 21.9 Å². The lowest BCUT2D eigenvalue weighted by Gasteiger charge is -2.09. The summed E-state index contributed by atoms with van der Waals surface area (Å²) in [6, 6.07) is 22.2. The second kappa shape index (κ2) is 5.13. The molecule has 3 aromatic carbocycles. The van der Waals surface area contributed by atoms with Crippen LogP contribution in [0.3, 0.4) is 0 Å². The molecular weight excluding hydrogens is 240 g/mol. The minimum Gasteiger partial charge on any atom is -0.0587 e. The first kappa shape index (κ1) is 12.9. The van der Waals surface area contributed by atoms with Gasteiger partial charge in [-0.05, 0) is 46.4 Å². The van der Waals surface area contributed by atoms with Crippen LogP contribution in [0, 0.1) is 6.92 Å². The number of aryl methyl sites for hydroxylation is 1. The van der Waals surface area contributed by atoms with Crippen molar-refractivity contribution in [3.63, 3.8) is 0 Å². The van der Waals surface area contributed by atoms with Crippen molar-refractivity contribution in [2.24, 2.45) is 0 Å². The summed E-state index contributed by atoms with van der Waals surface area (Å²) in [5.74, 6) is 0.580. The highest BCUT2D eigenvalue weighted by Gasteiger charge is 2.03. The first-order valence-electron chi connectivity index (χ1n) is 7.24. The molecule has 20 heavy (non-hydrogen) atoms. The van der Waals surface area contributed by atoms with Gasteiger partial charge in [0.15, 0.2) is 0 Å². The molecule has 0 aliphatic heterocycles. The van der Waals surface area contributed by atoms with Crippen molar-refractivity contribution < 1.29 is 0 Å². The van der Waals surface area contributed by atoms with Gasteiger partial charge in [0.1, 0.15) is 0 Å². The predicted molar refractivity (Wildman–Crippen MR) is 88.2 cm³/mol. The van der Waals surface area contributed by atoms with E-state index < -0.39 is 0 Å². The van der Waals surface area contributed by atoms with E-state index >= 15 is 0 Å². The van der Waals surface area contributed by atoms with E-state index in [2.05, 4.69) is 81.4 Å². The van der Waals surface area contributed by atoms with Gasteiger partial charge in [-0.3, -0.25) is 0 Å². The normalized spacial score (nSPS) is 11.2. The molecule has 0 N–H and O–H groups in total. The van der Waals surface area contributed by atoms with Gasteiger partial charge < -0.3 is 0 Å². The Bertz CT molecular complexity index is 734. The third kappa shape index (κ3) is 2.46. The number of hydrogen-bond acceptors (Lipinski definition) is 0. The number of rotatable bonds is 2. The van der Waals surface area contributed by atoms with Gasteiger partial charge in [-0.25, -0.2) is 0 Å². The largest absolute Gasteiger partial charge is 0.0587 e. The van der Waals surface area contributed by atoms with Gasteiger partial charge in [-0.1, -0.05) is 74.0 Å². The molecule has 3 aromatic rings. The van der Waals surface area contributed by atoms with Gasteiger partial charge in [0.25, 0.3) is 0 Å². The zero-order chi connectivity index (χ0) is 14.1. The molecule has 0 saturated carbocycles. The van der Waals surface area contributed by atoms with Crippen LogP contribution in [-0.2, 0) is 0 Å². The first-order chi connectivity index (χ1) is 9.63. The van der Waals surface area contributed by atoms with E-state index in [1.165, 1.54) is 33.0 Å². The second-order valence-electron chi connectivity index (χ2n) is 5.84. The SMILES string of the molecule is Cc1ccc(-c2ccc3cc(C(C)C)ccc3c2)cc1. The standard InChI is InChI=1S/C20H20/c1-14(2)17-8-9-20-13-18(10-11-19(20)12-17)16-6-4-15(3)5-7-16/h4-14H,1-3H3. The molecule has 0 amide bonds. The van der Waals surface area contributed by atoms with E-state index in [4.69, 9.17) is 0 Å². The van der Waals surface area contributed by atoms with Crippen molar-refractivity contribution in [3.05, 3.63) is 71.8 Å². The summed E-state index contributed by atoms with van der Waals surface area (Å²) in [4.78, 5) is 0. The van der Waals surface area contributed by atoms with E-state index in [-0.39, 0.29) is 0 Å². The fourth-order valence-electron chi connectivity index (χ4n) is 2.55. The van der Waals surface area contributed by atoms with E-state index in [1.807, 2.05) is 0 Å². The zero-order valence-corrected chi connectivity index (χ0v) is 12.4. The lowest BCUT2D eigenvalue weighted by Crippen LogP contribution is -1.87. The fourth-order valence-corrected chi connectivity index (χ4v) is 2.55. The molecule has 0 heteroatoms. The van der Waals surface area contributed by atoms with Crippen LogP contribution in [0.4, 0.5) is 0 Å². The lowest BCUT2D eigenvalue weighted by molar-refractivity contribution is 0.869. The molecule has 0 saturated heterocycles. The van der Waals surface area contributed by atoms with Crippen LogP contribution in [0.5, 0.6) is 0 Å². The molecule has 0 atom stereocenters. The van der Waals surface area contributed by atoms with E-state index in [1.54, 1.807) is 0 Å². The molecule has 3 rings (SSSR count). The van der Waals surface area contributed by atoms with Crippen LogP contribution in [0.2, 0.25) is 0 Å². The quantitative estimate of drug-likeness (QED) is 0.535. The van der Waals surface area contributed by atoms with Gasteiger partial charge >= 0.3 is 0 Å². The van der Waals surface area contributed by atoms with E-state index in [0.717, 1.165) is 0 Å². The summed E-state index contributed by atoms with van der Waals surface area (Å²) in [6.07, 6.45) is 0. The molecule has 0 radical (unpaired) electrons. The Morgan fingerprint density at radius 2 is 1.25 bits per heavy atom. The molecule has 0 bridgehead atoms. The Balaban J connectivity index is 2.07. The Kier molecular flexibility index (Phi) is 3.31. The molecule has 0 aromatic heterocycles. The third-order valence-electron chi connectivity index (χ3n) is 3.92. The summed E-state index contributed by atoms with van der Waals surface area (Å²) in [6.45, 7) is 6.60. The van der Waals surface area contributed by atoms with Crippen molar-refractivity contribution in [2.75, 3.05) is 0 Å². The molecule has 0 nitrogen and oxygen atoms in total. The molecule has 0 aliphatic rings. The third-order valence-corrected chi connectivity index (χ3v) is 3.92. The van der Waals surface area contributed by atoms with E-state index in [9.17, 15) is 0 Å². The number of hydrogen-bond donors (Lipinski definition) is 0. The topological polar surface area (TPSA) is 0 Å². The predicted octanol–water partition coefficient (Wildman–Crippen LogP) is 5.94. The molecule has 100 valence electrons. The maximum Gasteiger partial charge on any atom is -0.0178 e. The average Bonchev–Trinajstić information content (AvgIpc) is 2.47. The van der Waals surface area contributed by atoms with Crippen molar-refractivity contribution >= 4 is 10.8 Å². The highest BCUT2D eigenvalue weighted by atomic mass is 14.1. The minimum absolute atomic E-state index is 0.580. The van der Waals surface area contributed by atoms with Crippen molar-refractivity contribution in [3.8, 4) is 11.1 Å². The molecule has 0 unspecified atom stereocenters. The minimum atomic E-state index is 0.580. The maximum absolute atomic E-state index is 2.30. The molecule has 0 aliphatic carbocycles. The molecule has 0 fully saturated rings. The van der Waals surface area contributed by atoms with Crippen LogP contribution >= 0.6 is 0 Å². The Labute approximate surface area is 121 Å². The highest BCUT2D eigenvalue weighted by Crippen LogP contribution is 2.27. The summed E-state index contributed by atoms with van der Waals surface area (Å²) in [5.41, 5.74) is 5.27. The van der Waals surface area contributed by atoms with Gasteiger partial charge in [0, 0.05) is 0 Å². The van der Waals surface area contributed by atoms with Crippen molar-refractivity contribution in [1.29, 1.82) is 0 Å². The average molecular weight is 260 g/mol. The Morgan fingerprint density at radius 3 is 1.95 bits per heavy atom. The van der Waals surface area contributed by atoms with E-state index in [0.29, 0.717) is 5.92 Å². The maximum atomic E-state index is 2.30. The fraction of sp³-hybridized carbons (Fsp3) is 0.200. The van der Waals surface area contributed by atoms with Crippen molar-refractivity contribution in [1.82, 2.24) is 0 Å². The Hall–Kier alpha value is -2.08. The molecule has 0 heterocycles. The highest BCUT2D eigenvalue weighted by molar-refractivity contribution is 5.88. The zero-order valence-electron chi connectivity index (χ0n) is 12.4. The number of benzene rings is 3. The summed E-state index contributed by atoms with van der Waals surface area (Å²) < 4.78 is 0. The summed E-state index contributed by atoms with van der Waals surface area (Å²) >= 11 is 0. The number of fused-ring (bicyclic) bond motifs is 1. The summed E-state index contributed by atoms with van der Waals surface area (Å²) in [7, 11) is 0. The molecule has 0 spiro atoms. The monoisotopic (exact) mass is 260 g/mol. The second-order valence-corrected chi connectivity index (χ2v) is 5.84. The summed E-state index contributed by atoms with van der Waals surface area (Å²) in [5, 5.41) is 2.64. The first-order valence-corrected chi connectivity index (χ1v) is 7.24.